The number of hydrogen-bond donors (Lipinski definition) is 1. The van der Waals surface area contributed by atoms with Gasteiger partial charge >= 0.3 is 0 Å². The summed E-state index contributed by atoms with van der Waals surface area (Å²) in [6.45, 7) is 3.56. The standard InChI is InChI=1S/C21H22N4/c22-12-17-6-1-3-8-19(17)14-24-21-10-5-11-25(16-21)15-20-9-4-2-7-18(20)13-23/h1-4,6-9,21,24H,5,10-11,14-16H2/t21-/m0/s1. The average Bonchev–Trinajstić information content (AvgIpc) is 2.67. The van der Waals surface area contributed by atoms with Crippen LogP contribution in [0.15, 0.2) is 48.5 Å². The van der Waals surface area contributed by atoms with Crippen molar-refractivity contribution in [3.8, 4) is 12.1 Å². The van der Waals surface area contributed by atoms with E-state index in [2.05, 4.69) is 22.4 Å². The Morgan fingerprint density at radius 2 is 1.60 bits per heavy atom. The number of piperidine rings is 1. The van der Waals surface area contributed by atoms with Crippen LogP contribution in [0, 0.1) is 22.7 Å². The van der Waals surface area contributed by atoms with E-state index < -0.39 is 0 Å². The summed E-state index contributed by atoms with van der Waals surface area (Å²) in [5.41, 5.74) is 3.66. The summed E-state index contributed by atoms with van der Waals surface area (Å²) in [4.78, 5) is 2.41. The summed E-state index contributed by atoms with van der Waals surface area (Å²) >= 11 is 0. The molecule has 0 bridgehead atoms. The molecule has 0 aliphatic carbocycles. The molecule has 1 aliphatic rings. The third-order valence-corrected chi connectivity index (χ3v) is 4.76. The molecule has 0 aromatic heterocycles. The van der Waals surface area contributed by atoms with E-state index in [1.54, 1.807) is 0 Å². The molecule has 0 spiro atoms. The molecule has 1 heterocycles. The number of nitrogens with zero attached hydrogens (tertiary/aromatic N) is 3. The lowest BCUT2D eigenvalue weighted by molar-refractivity contribution is 0.182. The maximum absolute atomic E-state index is 9.25. The first kappa shape index (κ1) is 17.2. The van der Waals surface area contributed by atoms with Gasteiger partial charge in [0.1, 0.15) is 0 Å². The maximum Gasteiger partial charge on any atom is 0.0995 e. The van der Waals surface area contributed by atoms with Gasteiger partial charge in [0.15, 0.2) is 0 Å². The van der Waals surface area contributed by atoms with Crippen LogP contribution in [0.3, 0.4) is 0 Å². The van der Waals surface area contributed by atoms with Gasteiger partial charge in [-0.25, -0.2) is 0 Å². The number of rotatable bonds is 5. The van der Waals surface area contributed by atoms with Crippen LogP contribution >= 0.6 is 0 Å². The predicted octanol–water partition coefficient (Wildman–Crippen LogP) is 3.18. The van der Waals surface area contributed by atoms with Crippen molar-refractivity contribution >= 4 is 0 Å². The molecule has 1 N–H and O–H groups in total. The Hall–Kier alpha value is -2.66. The largest absolute Gasteiger partial charge is 0.309 e. The quantitative estimate of drug-likeness (QED) is 0.914. The molecule has 1 fully saturated rings. The molecule has 4 nitrogen and oxygen atoms in total. The summed E-state index contributed by atoms with van der Waals surface area (Å²) in [6.07, 6.45) is 2.29. The number of benzene rings is 2. The first-order chi connectivity index (χ1) is 12.3. The average molecular weight is 330 g/mol. The lowest BCUT2D eigenvalue weighted by Crippen LogP contribution is -2.45. The van der Waals surface area contributed by atoms with Gasteiger partial charge in [-0.05, 0) is 42.6 Å². The lowest BCUT2D eigenvalue weighted by Gasteiger charge is -2.33. The molecule has 2 aromatic rings. The Morgan fingerprint density at radius 3 is 2.32 bits per heavy atom. The zero-order valence-electron chi connectivity index (χ0n) is 14.3. The fourth-order valence-corrected chi connectivity index (χ4v) is 3.41. The van der Waals surface area contributed by atoms with E-state index in [0.717, 1.165) is 61.3 Å². The Labute approximate surface area is 149 Å². The molecule has 1 saturated heterocycles. The lowest BCUT2D eigenvalue weighted by atomic mass is 10.0. The molecule has 2 aromatic carbocycles. The predicted molar refractivity (Wildman–Crippen MR) is 97.5 cm³/mol. The first-order valence-electron chi connectivity index (χ1n) is 8.72. The van der Waals surface area contributed by atoms with Crippen molar-refractivity contribution in [1.29, 1.82) is 10.5 Å². The SMILES string of the molecule is N#Cc1ccccc1CN[C@H]1CCCN(Cc2ccccc2C#N)C1. The third kappa shape index (κ3) is 4.45. The van der Waals surface area contributed by atoms with Crippen molar-refractivity contribution < 1.29 is 0 Å². The van der Waals surface area contributed by atoms with Gasteiger partial charge < -0.3 is 5.32 Å². The van der Waals surface area contributed by atoms with Gasteiger partial charge in [0, 0.05) is 25.7 Å². The van der Waals surface area contributed by atoms with Crippen LogP contribution in [0.25, 0.3) is 0 Å². The zero-order valence-corrected chi connectivity index (χ0v) is 14.3. The van der Waals surface area contributed by atoms with Gasteiger partial charge in [0.25, 0.3) is 0 Å². The second kappa shape index (κ2) is 8.44. The molecule has 4 heteroatoms. The van der Waals surface area contributed by atoms with Crippen LogP contribution in [-0.2, 0) is 13.1 Å². The Balaban J connectivity index is 1.58. The van der Waals surface area contributed by atoms with E-state index in [0.29, 0.717) is 6.04 Å². The van der Waals surface area contributed by atoms with Crippen molar-refractivity contribution in [3.63, 3.8) is 0 Å². The highest BCUT2D eigenvalue weighted by Gasteiger charge is 2.20. The number of likely N-dealkylation sites (tertiary alicyclic amines) is 1. The summed E-state index contributed by atoms with van der Waals surface area (Å²) in [6, 6.07) is 20.5. The van der Waals surface area contributed by atoms with Crippen LogP contribution in [0.5, 0.6) is 0 Å². The molecule has 3 rings (SSSR count). The van der Waals surface area contributed by atoms with Gasteiger partial charge in [-0.3, -0.25) is 4.90 Å². The summed E-state index contributed by atoms with van der Waals surface area (Å²) < 4.78 is 0. The van der Waals surface area contributed by atoms with E-state index in [9.17, 15) is 10.5 Å². The minimum absolute atomic E-state index is 0.412. The molecule has 0 saturated carbocycles. The van der Waals surface area contributed by atoms with Gasteiger partial charge in [-0.1, -0.05) is 36.4 Å². The highest BCUT2D eigenvalue weighted by Crippen LogP contribution is 2.17. The van der Waals surface area contributed by atoms with E-state index in [4.69, 9.17) is 0 Å². The van der Waals surface area contributed by atoms with Crippen LogP contribution in [-0.4, -0.2) is 24.0 Å². The van der Waals surface area contributed by atoms with Crippen LogP contribution < -0.4 is 5.32 Å². The number of hydrogen-bond acceptors (Lipinski definition) is 4. The third-order valence-electron chi connectivity index (χ3n) is 4.76. The second-order valence-corrected chi connectivity index (χ2v) is 6.49. The monoisotopic (exact) mass is 330 g/mol. The summed E-state index contributed by atoms with van der Waals surface area (Å²) in [7, 11) is 0. The summed E-state index contributed by atoms with van der Waals surface area (Å²) in [5.74, 6) is 0. The van der Waals surface area contributed by atoms with Gasteiger partial charge in [0.05, 0.1) is 23.3 Å². The van der Waals surface area contributed by atoms with Crippen molar-refractivity contribution in [2.75, 3.05) is 13.1 Å². The van der Waals surface area contributed by atoms with Crippen LogP contribution in [0.1, 0.15) is 35.1 Å². The molecule has 1 aliphatic heterocycles. The first-order valence-corrected chi connectivity index (χ1v) is 8.72. The van der Waals surface area contributed by atoms with E-state index in [-0.39, 0.29) is 0 Å². The van der Waals surface area contributed by atoms with Gasteiger partial charge in [0.2, 0.25) is 0 Å². The number of nitriles is 2. The maximum atomic E-state index is 9.25. The van der Waals surface area contributed by atoms with Gasteiger partial charge in [-0.15, -0.1) is 0 Å². The van der Waals surface area contributed by atoms with Crippen molar-refractivity contribution in [1.82, 2.24) is 10.2 Å². The Bertz CT molecular complexity index is 800. The van der Waals surface area contributed by atoms with E-state index in [1.807, 2.05) is 48.5 Å². The minimum atomic E-state index is 0.412. The molecular weight excluding hydrogens is 308 g/mol. The highest BCUT2D eigenvalue weighted by atomic mass is 15.2. The minimum Gasteiger partial charge on any atom is -0.309 e. The van der Waals surface area contributed by atoms with E-state index >= 15 is 0 Å². The second-order valence-electron chi connectivity index (χ2n) is 6.49. The van der Waals surface area contributed by atoms with Crippen LogP contribution in [0.4, 0.5) is 0 Å². The smallest absolute Gasteiger partial charge is 0.0995 e. The normalized spacial score (nSPS) is 17.6. The Morgan fingerprint density at radius 1 is 0.960 bits per heavy atom. The fourth-order valence-electron chi connectivity index (χ4n) is 3.41. The van der Waals surface area contributed by atoms with Crippen LogP contribution in [0.2, 0.25) is 0 Å². The zero-order chi connectivity index (χ0) is 17.5. The van der Waals surface area contributed by atoms with Crippen molar-refractivity contribution in [3.05, 3.63) is 70.8 Å². The molecule has 25 heavy (non-hydrogen) atoms. The molecular formula is C21H22N4. The molecule has 126 valence electrons. The number of nitrogens with one attached hydrogen (secondary N) is 1. The fraction of sp³-hybridized carbons (Fsp3) is 0.333. The van der Waals surface area contributed by atoms with Crippen molar-refractivity contribution in [2.45, 2.75) is 32.0 Å². The molecule has 0 radical (unpaired) electrons. The molecule has 0 unspecified atom stereocenters. The molecule has 0 amide bonds. The van der Waals surface area contributed by atoms with Gasteiger partial charge in [-0.2, -0.15) is 10.5 Å². The highest BCUT2D eigenvalue weighted by molar-refractivity contribution is 5.38. The van der Waals surface area contributed by atoms with Crippen molar-refractivity contribution in [2.24, 2.45) is 0 Å². The topological polar surface area (TPSA) is 62.9 Å². The summed E-state index contributed by atoms with van der Waals surface area (Å²) in [5, 5.41) is 22.1. The Kier molecular flexibility index (Phi) is 5.80. The molecule has 1 atom stereocenters. The van der Waals surface area contributed by atoms with E-state index in [1.165, 1.54) is 0 Å².